The van der Waals surface area contributed by atoms with Crippen molar-refractivity contribution in [1.29, 1.82) is 0 Å². The number of thioether (sulfide) groups is 1. The Kier molecular flexibility index (Phi) is 2.28. The highest BCUT2D eigenvalue weighted by Crippen LogP contribution is 2.35. The Balaban J connectivity index is 2.21. The number of ether oxygens (including phenoxy) is 1. The van der Waals surface area contributed by atoms with Gasteiger partial charge in [-0.1, -0.05) is 0 Å². The van der Waals surface area contributed by atoms with Gasteiger partial charge in [-0.2, -0.15) is 0 Å². The van der Waals surface area contributed by atoms with Crippen LogP contribution in [0.4, 0.5) is 0 Å². The van der Waals surface area contributed by atoms with Crippen LogP contribution in [0.25, 0.3) is 11.4 Å². The van der Waals surface area contributed by atoms with Crippen LogP contribution < -0.4 is 4.74 Å². The lowest BCUT2D eigenvalue weighted by Gasteiger charge is -2.06. The monoisotopic (exact) mass is 234 g/mol. The molecule has 0 aliphatic carbocycles. The molecule has 3 rings (SSSR count). The van der Waals surface area contributed by atoms with E-state index in [0.29, 0.717) is 0 Å². The van der Waals surface area contributed by atoms with Gasteiger partial charge in [0.25, 0.3) is 0 Å². The average Bonchev–Trinajstić information content (AvgIpc) is 2.71. The smallest absolute Gasteiger partial charge is 0.183 e. The normalized spacial score (nSPS) is 13.8. The van der Waals surface area contributed by atoms with Gasteiger partial charge >= 0.3 is 0 Å². The Bertz CT molecular complexity index is 525. The first-order valence-electron chi connectivity index (χ1n) is 4.96. The summed E-state index contributed by atoms with van der Waals surface area (Å²) in [7, 11) is 1.66. The molecule has 0 N–H and O–H groups in total. The molecule has 16 heavy (non-hydrogen) atoms. The summed E-state index contributed by atoms with van der Waals surface area (Å²) >= 11 is 1.81. The first kappa shape index (κ1) is 9.65. The zero-order valence-electron chi connectivity index (χ0n) is 8.75. The van der Waals surface area contributed by atoms with E-state index in [9.17, 15) is 0 Å². The highest BCUT2D eigenvalue weighted by Gasteiger charge is 2.17. The van der Waals surface area contributed by atoms with Crippen LogP contribution >= 0.6 is 11.8 Å². The number of hydrogen-bond donors (Lipinski definition) is 0. The third kappa shape index (κ3) is 1.46. The van der Waals surface area contributed by atoms with Gasteiger partial charge in [0.05, 0.1) is 13.7 Å². The summed E-state index contributed by atoms with van der Waals surface area (Å²) in [5.41, 5.74) is 1.05. The second-order valence-electron chi connectivity index (χ2n) is 3.44. The number of aryl methyl sites for hydroxylation is 1. The van der Waals surface area contributed by atoms with Crippen molar-refractivity contribution in [3.63, 3.8) is 0 Å². The fraction of sp³-hybridized carbons (Fsp3) is 0.300. The van der Waals surface area contributed by atoms with Crippen molar-refractivity contribution >= 4 is 11.8 Å². The van der Waals surface area contributed by atoms with Crippen LogP contribution in [-0.4, -0.2) is 33.1 Å². The molecule has 1 aliphatic rings. The second-order valence-corrected chi connectivity index (χ2v) is 4.57. The van der Waals surface area contributed by atoms with E-state index in [1.807, 2.05) is 16.8 Å². The van der Waals surface area contributed by atoms with Crippen molar-refractivity contribution in [3.8, 4) is 17.1 Å². The number of tetrazole rings is 1. The van der Waals surface area contributed by atoms with Crippen LogP contribution in [0.3, 0.4) is 0 Å². The molecule has 1 aliphatic heterocycles. The van der Waals surface area contributed by atoms with E-state index in [2.05, 4.69) is 21.6 Å². The maximum Gasteiger partial charge on any atom is 0.183 e. The molecule has 0 amide bonds. The Hall–Kier alpha value is -1.56. The van der Waals surface area contributed by atoms with Gasteiger partial charge in [-0.25, -0.2) is 4.68 Å². The van der Waals surface area contributed by atoms with Crippen LogP contribution in [-0.2, 0) is 6.54 Å². The first-order valence-corrected chi connectivity index (χ1v) is 5.94. The molecule has 1 aromatic heterocycles. The van der Waals surface area contributed by atoms with Gasteiger partial charge in [0.1, 0.15) is 5.75 Å². The molecule has 1 aromatic carbocycles. The van der Waals surface area contributed by atoms with Gasteiger partial charge < -0.3 is 4.74 Å². The van der Waals surface area contributed by atoms with Crippen LogP contribution in [0.2, 0.25) is 0 Å². The predicted molar refractivity (Wildman–Crippen MR) is 60.5 cm³/mol. The van der Waals surface area contributed by atoms with E-state index in [-0.39, 0.29) is 0 Å². The van der Waals surface area contributed by atoms with E-state index in [4.69, 9.17) is 4.74 Å². The maximum atomic E-state index is 5.23. The van der Waals surface area contributed by atoms with Gasteiger partial charge in [0, 0.05) is 16.2 Å². The molecule has 0 radical (unpaired) electrons. The van der Waals surface area contributed by atoms with Gasteiger partial charge in [-0.15, -0.1) is 16.9 Å². The van der Waals surface area contributed by atoms with Crippen molar-refractivity contribution in [3.05, 3.63) is 18.2 Å². The van der Waals surface area contributed by atoms with E-state index in [1.165, 1.54) is 4.90 Å². The van der Waals surface area contributed by atoms with Crippen molar-refractivity contribution in [2.45, 2.75) is 11.4 Å². The molecule has 0 saturated carbocycles. The summed E-state index contributed by atoms with van der Waals surface area (Å²) in [4.78, 5) is 1.20. The molecule has 0 bridgehead atoms. The van der Waals surface area contributed by atoms with Gasteiger partial charge in [0.15, 0.2) is 5.82 Å². The summed E-state index contributed by atoms with van der Waals surface area (Å²) < 4.78 is 7.06. The standard InChI is InChI=1S/C10H10N4OS/c1-15-7-2-3-9-8(6-7)10-11-12-13-14(10)4-5-16-9/h2-3,6H,4-5H2,1H3. The van der Waals surface area contributed by atoms with Crippen LogP contribution in [0.1, 0.15) is 0 Å². The lowest BCUT2D eigenvalue weighted by Crippen LogP contribution is -2.02. The molecule has 5 nitrogen and oxygen atoms in total. The average molecular weight is 234 g/mol. The summed E-state index contributed by atoms with van der Waals surface area (Å²) in [6, 6.07) is 6.00. The van der Waals surface area contributed by atoms with Gasteiger partial charge in [-0.05, 0) is 28.6 Å². The van der Waals surface area contributed by atoms with Gasteiger partial charge in [-0.3, -0.25) is 0 Å². The fourth-order valence-electron chi connectivity index (χ4n) is 1.73. The first-order chi connectivity index (χ1) is 7.88. The Morgan fingerprint density at radius 3 is 3.25 bits per heavy atom. The molecule has 0 spiro atoms. The molecule has 2 heterocycles. The van der Waals surface area contributed by atoms with Crippen LogP contribution in [0.15, 0.2) is 23.1 Å². The quantitative estimate of drug-likeness (QED) is 0.747. The van der Waals surface area contributed by atoms with Crippen molar-refractivity contribution < 1.29 is 4.74 Å². The number of hydrogen-bond acceptors (Lipinski definition) is 5. The van der Waals surface area contributed by atoms with E-state index in [0.717, 1.165) is 29.4 Å². The van der Waals surface area contributed by atoms with E-state index in [1.54, 1.807) is 18.9 Å². The van der Waals surface area contributed by atoms with E-state index < -0.39 is 0 Å². The predicted octanol–water partition coefficient (Wildman–Crippen LogP) is 1.45. The van der Waals surface area contributed by atoms with Crippen LogP contribution in [0.5, 0.6) is 5.75 Å². The Labute approximate surface area is 96.8 Å². The number of nitrogens with zero attached hydrogens (tertiary/aromatic N) is 4. The highest BCUT2D eigenvalue weighted by atomic mass is 32.2. The lowest BCUT2D eigenvalue weighted by atomic mass is 10.2. The molecule has 0 fully saturated rings. The fourth-order valence-corrected chi connectivity index (χ4v) is 2.68. The summed E-state index contributed by atoms with van der Waals surface area (Å²) in [6.45, 7) is 0.837. The highest BCUT2D eigenvalue weighted by molar-refractivity contribution is 7.99. The molecule has 82 valence electrons. The number of aromatic nitrogens is 4. The molecule has 0 atom stereocenters. The summed E-state index contributed by atoms with van der Waals surface area (Å²) in [5.74, 6) is 2.63. The van der Waals surface area contributed by atoms with Crippen molar-refractivity contribution in [1.82, 2.24) is 20.2 Å². The number of methoxy groups -OCH3 is 1. The zero-order valence-corrected chi connectivity index (χ0v) is 9.57. The number of fused-ring (bicyclic) bond motifs is 3. The van der Waals surface area contributed by atoms with E-state index >= 15 is 0 Å². The number of rotatable bonds is 1. The van der Waals surface area contributed by atoms with Crippen molar-refractivity contribution in [2.75, 3.05) is 12.9 Å². The lowest BCUT2D eigenvalue weighted by molar-refractivity contribution is 0.414. The molecule has 2 aromatic rings. The number of benzene rings is 1. The molecule has 0 saturated heterocycles. The van der Waals surface area contributed by atoms with Crippen molar-refractivity contribution in [2.24, 2.45) is 0 Å². The summed E-state index contributed by atoms with van der Waals surface area (Å²) in [6.07, 6.45) is 0. The van der Waals surface area contributed by atoms with Crippen LogP contribution in [0, 0.1) is 0 Å². The zero-order chi connectivity index (χ0) is 11.0. The minimum Gasteiger partial charge on any atom is -0.497 e. The largest absolute Gasteiger partial charge is 0.497 e. The molecule has 0 unspecified atom stereocenters. The SMILES string of the molecule is COc1ccc2c(c1)-c1nnnn1CCS2. The summed E-state index contributed by atoms with van der Waals surface area (Å²) in [5, 5.41) is 11.8. The minimum absolute atomic E-state index is 0.818. The topological polar surface area (TPSA) is 52.8 Å². The Morgan fingerprint density at radius 2 is 2.38 bits per heavy atom. The molecular weight excluding hydrogens is 224 g/mol. The molecule has 6 heteroatoms. The second kappa shape index (κ2) is 3.79. The molecular formula is C10H10N4OS. The van der Waals surface area contributed by atoms with Gasteiger partial charge in [0.2, 0.25) is 0 Å². The third-order valence-electron chi connectivity index (χ3n) is 2.52. The third-order valence-corrected chi connectivity index (χ3v) is 3.57. The minimum atomic E-state index is 0.818. The maximum absolute atomic E-state index is 5.23. The Morgan fingerprint density at radius 1 is 1.44 bits per heavy atom.